The first kappa shape index (κ1) is 43.2. The highest BCUT2D eigenvalue weighted by molar-refractivity contribution is 6.08. The Hall–Kier alpha value is -6.38. The molecule has 0 atom stereocenters. The largest absolute Gasteiger partial charge is 0.456 e. The van der Waals surface area contributed by atoms with Gasteiger partial charge in [-0.1, -0.05) is 169 Å². The van der Waals surface area contributed by atoms with Gasteiger partial charge in [0.15, 0.2) is 0 Å². The third-order valence-corrected chi connectivity index (χ3v) is 10.8. The van der Waals surface area contributed by atoms with Crippen molar-refractivity contribution in [1.29, 1.82) is 0 Å². The molecule has 7 aromatic carbocycles. The number of unbranched alkanes of at least 4 members (excludes halogenated alkanes) is 1. The van der Waals surface area contributed by atoms with Gasteiger partial charge in [-0.05, 0) is 138 Å². The Kier molecular flexibility index (Phi) is 14.8. The molecule has 0 fully saturated rings. The van der Waals surface area contributed by atoms with Crippen molar-refractivity contribution in [3.8, 4) is 33.4 Å². The fourth-order valence-corrected chi connectivity index (χ4v) is 7.97. The SMILES string of the molecule is C/C=C\C(=C/CCC)c1ccc2c(c1)oc1ccc(N(c3ccc(-c4ccccc4)cc3)c3cccc(C)c3-c3cccc(-c4ccccc4C)c3C)cc12.CC.CCC. The maximum atomic E-state index is 6.56. The Bertz CT molecular complexity index is 2710. The lowest BCUT2D eigenvalue weighted by Gasteiger charge is -2.29. The number of nitrogens with zero attached hydrogens (tertiary/aromatic N) is 1. The molecule has 1 heterocycles. The molecule has 0 amide bonds. The smallest absolute Gasteiger partial charge is 0.136 e. The van der Waals surface area contributed by atoms with Crippen LogP contribution in [-0.2, 0) is 0 Å². The molecular formula is C58H61NO. The maximum Gasteiger partial charge on any atom is 0.136 e. The highest BCUT2D eigenvalue weighted by Gasteiger charge is 2.22. The minimum absolute atomic E-state index is 0.881. The molecule has 304 valence electrons. The summed E-state index contributed by atoms with van der Waals surface area (Å²) >= 11 is 0. The molecule has 2 nitrogen and oxygen atoms in total. The normalized spacial score (nSPS) is 11.3. The van der Waals surface area contributed by atoms with Crippen LogP contribution in [0, 0.1) is 20.8 Å². The molecule has 0 aliphatic heterocycles. The lowest BCUT2D eigenvalue weighted by atomic mass is 9.88. The minimum atomic E-state index is 0.881. The minimum Gasteiger partial charge on any atom is -0.456 e. The van der Waals surface area contributed by atoms with Crippen LogP contribution in [0.4, 0.5) is 17.1 Å². The topological polar surface area (TPSA) is 16.4 Å². The lowest BCUT2D eigenvalue weighted by Crippen LogP contribution is -2.12. The zero-order valence-corrected chi connectivity index (χ0v) is 37.1. The van der Waals surface area contributed by atoms with Gasteiger partial charge in [-0.25, -0.2) is 0 Å². The number of benzene rings is 7. The van der Waals surface area contributed by atoms with Gasteiger partial charge in [0.2, 0.25) is 0 Å². The zero-order chi connectivity index (χ0) is 42.6. The fourth-order valence-electron chi connectivity index (χ4n) is 7.97. The Balaban J connectivity index is 0.00000116. The van der Waals surface area contributed by atoms with Crippen LogP contribution in [-0.4, -0.2) is 0 Å². The van der Waals surface area contributed by atoms with E-state index in [2.05, 4.69) is 223 Å². The summed E-state index contributed by atoms with van der Waals surface area (Å²) in [4.78, 5) is 2.42. The van der Waals surface area contributed by atoms with Gasteiger partial charge in [-0.2, -0.15) is 0 Å². The van der Waals surface area contributed by atoms with E-state index < -0.39 is 0 Å². The quantitative estimate of drug-likeness (QED) is 0.128. The molecule has 60 heavy (non-hydrogen) atoms. The zero-order valence-electron chi connectivity index (χ0n) is 37.1. The second-order valence-electron chi connectivity index (χ2n) is 15.2. The first-order valence-corrected chi connectivity index (χ1v) is 21.9. The summed E-state index contributed by atoms with van der Waals surface area (Å²) in [5.74, 6) is 0. The van der Waals surface area contributed by atoms with Gasteiger partial charge in [0.25, 0.3) is 0 Å². The summed E-state index contributed by atoms with van der Waals surface area (Å²) in [6.45, 7) is 19.2. The van der Waals surface area contributed by atoms with E-state index in [-0.39, 0.29) is 0 Å². The molecule has 0 N–H and O–H groups in total. The standard InChI is InChI=1S/C53H47NO.C3H8.C2H6/c1-6-8-19-39(16-7-2)42-28-32-48-49-35-44(31-33-51(49)55-52(48)34-42)54(43-29-26-41(27-30-43)40-20-10-9-11-21-40)50-25-14-18-37(4)53(50)47-24-15-23-46(38(47)5)45-22-13-12-17-36(45)3;1-3-2;1-2/h7,9-35H,6,8H2,1-5H3;3H2,1-2H3;1-2H3/b16-7-,39-19+;;. The molecule has 0 aliphatic rings. The monoisotopic (exact) mass is 787 g/mol. The van der Waals surface area contributed by atoms with E-state index in [0.29, 0.717) is 0 Å². The summed E-state index contributed by atoms with van der Waals surface area (Å²) < 4.78 is 6.56. The van der Waals surface area contributed by atoms with E-state index in [0.717, 1.165) is 51.8 Å². The third kappa shape index (κ3) is 9.24. The van der Waals surface area contributed by atoms with E-state index in [1.807, 2.05) is 13.8 Å². The van der Waals surface area contributed by atoms with E-state index in [4.69, 9.17) is 4.42 Å². The van der Waals surface area contributed by atoms with Crippen molar-refractivity contribution in [2.75, 3.05) is 4.90 Å². The number of anilines is 3. The third-order valence-electron chi connectivity index (χ3n) is 10.8. The second-order valence-corrected chi connectivity index (χ2v) is 15.2. The summed E-state index contributed by atoms with van der Waals surface area (Å²) in [5.41, 5.74) is 18.6. The predicted octanol–water partition coefficient (Wildman–Crippen LogP) is 18.2. The van der Waals surface area contributed by atoms with Crippen LogP contribution in [0.5, 0.6) is 0 Å². The molecule has 8 rings (SSSR count). The number of allylic oxidation sites excluding steroid dienone is 4. The van der Waals surface area contributed by atoms with E-state index in [9.17, 15) is 0 Å². The van der Waals surface area contributed by atoms with Gasteiger partial charge in [-0.3, -0.25) is 0 Å². The van der Waals surface area contributed by atoms with Crippen LogP contribution in [0.25, 0.3) is 60.9 Å². The molecule has 0 unspecified atom stereocenters. The summed E-state index contributed by atoms with van der Waals surface area (Å²) in [7, 11) is 0. The van der Waals surface area contributed by atoms with Crippen molar-refractivity contribution in [1.82, 2.24) is 0 Å². The molecule has 0 radical (unpaired) electrons. The average molecular weight is 788 g/mol. The van der Waals surface area contributed by atoms with Crippen molar-refractivity contribution in [3.63, 3.8) is 0 Å². The first-order chi connectivity index (χ1) is 29.4. The molecule has 2 heteroatoms. The fraction of sp³-hybridized carbons (Fsp3) is 0.207. The van der Waals surface area contributed by atoms with Gasteiger partial charge in [0.05, 0.1) is 5.69 Å². The van der Waals surface area contributed by atoms with E-state index in [1.54, 1.807) is 0 Å². The number of hydrogen-bond donors (Lipinski definition) is 0. The van der Waals surface area contributed by atoms with Crippen LogP contribution in [0.1, 0.15) is 83.1 Å². The lowest BCUT2D eigenvalue weighted by molar-refractivity contribution is 0.669. The molecule has 0 saturated heterocycles. The van der Waals surface area contributed by atoms with Crippen molar-refractivity contribution >= 4 is 44.6 Å². The van der Waals surface area contributed by atoms with Crippen LogP contribution < -0.4 is 4.90 Å². The molecule has 0 spiro atoms. The Morgan fingerprint density at radius 3 is 1.92 bits per heavy atom. The maximum absolute atomic E-state index is 6.56. The number of hydrogen-bond acceptors (Lipinski definition) is 2. The van der Waals surface area contributed by atoms with Crippen LogP contribution in [0.3, 0.4) is 0 Å². The van der Waals surface area contributed by atoms with Gasteiger partial charge in [0, 0.05) is 27.7 Å². The average Bonchev–Trinajstić information content (AvgIpc) is 3.65. The molecule has 8 aromatic rings. The van der Waals surface area contributed by atoms with Gasteiger partial charge < -0.3 is 9.32 Å². The van der Waals surface area contributed by atoms with Crippen molar-refractivity contribution in [3.05, 3.63) is 192 Å². The number of furan rings is 1. The van der Waals surface area contributed by atoms with Crippen molar-refractivity contribution < 1.29 is 4.42 Å². The molecule has 0 aliphatic carbocycles. The van der Waals surface area contributed by atoms with Gasteiger partial charge >= 0.3 is 0 Å². The van der Waals surface area contributed by atoms with Gasteiger partial charge in [0.1, 0.15) is 11.2 Å². The molecule has 1 aromatic heterocycles. The molecular weight excluding hydrogens is 727 g/mol. The molecule has 0 saturated carbocycles. The van der Waals surface area contributed by atoms with Crippen LogP contribution >= 0.6 is 0 Å². The highest BCUT2D eigenvalue weighted by Crippen LogP contribution is 2.46. The summed E-state index contributed by atoms with van der Waals surface area (Å²) in [5, 5.41) is 2.21. The van der Waals surface area contributed by atoms with Crippen LogP contribution in [0.2, 0.25) is 0 Å². The number of fused-ring (bicyclic) bond motifs is 3. The molecule has 0 bridgehead atoms. The van der Waals surface area contributed by atoms with E-state index in [1.165, 1.54) is 67.6 Å². The second kappa shape index (κ2) is 20.5. The van der Waals surface area contributed by atoms with Crippen molar-refractivity contribution in [2.24, 2.45) is 0 Å². The van der Waals surface area contributed by atoms with Gasteiger partial charge in [-0.15, -0.1) is 0 Å². The van der Waals surface area contributed by atoms with Crippen molar-refractivity contribution in [2.45, 2.75) is 81.6 Å². The van der Waals surface area contributed by atoms with Crippen LogP contribution in [0.15, 0.2) is 174 Å². The summed E-state index contributed by atoms with van der Waals surface area (Å²) in [6, 6.07) is 54.9. The Morgan fingerprint density at radius 2 is 1.20 bits per heavy atom. The number of rotatable bonds is 10. The predicted molar refractivity (Wildman–Crippen MR) is 264 cm³/mol. The highest BCUT2D eigenvalue weighted by atomic mass is 16.3. The first-order valence-electron chi connectivity index (χ1n) is 21.9. The Labute approximate surface area is 359 Å². The van der Waals surface area contributed by atoms with E-state index >= 15 is 0 Å². The number of aryl methyl sites for hydroxylation is 2. The summed E-state index contributed by atoms with van der Waals surface area (Å²) in [6.07, 6.45) is 10.0. The Morgan fingerprint density at radius 1 is 0.567 bits per heavy atom.